The highest BCUT2D eigenvalue weighted by Crippen LogP contribution is 2.48. The first kappa shape index (κ1) is 32.3. The van der Waals surface area contributed by atoms with E-state index in [-0.39, 0.29) is 6.54 Å². The second-order valence-corrected chi connectivity index (χ2v) is 12.2. The van der Waals surface area contributed by atoms with Crippen LogP contribution < -0.4 is 20.1 Å². The highest BCUT2D eigenvalue weighted by molar-refractivity contribution is 5.68. The molecule has 10 nitrogen and oxygen atoms in total. The number of ether oxygens (including phenoxy) is 6. The van der Waals surface area contributed by atoms with Crippen LogP contribution in [-0.2, 0) is 24.4 Å². The van der Waals surface area contributed by atoms with E-state index >= 15 is 0 Å². The van der Waals surface area contributed by atoms with Gasteiger partial charge in [-0.15, -0.1) is 0 Å². The van der Waals surface area contributed by atoms with Crippen molar-refractivity contribution in [2.75, 3.05) is 40.5 Å². The Bertz CT molecular complexity index is 1130. The number of benzene rings is 1. The van der Waals surface area contributed by atoms with E-state index in [2.05, 4.69) is 16.7 Å². The second-order valence-electron chi connectivity index (χ2n) is 12.2. The monoisotopic (exact) mass is 574 g/mol. The van der Waals surface area contributed by atoms with Gasteiger partial charge in [0.25, 0.3) is 0 Å². The Morgan fingerprint density at radius 2 is 1.51 bits per heavy atom. The van der Waals surface area contributed by atoms with Crippen molar-refractivity contribution in [2.24, 2.45) is 0 Å². The molecule has 1 heterocycles. The lowest BCUT2D eigenvalue weighted by Gasteiger charge is -2.42. The minimum absolute atomic E-state index is 0.270. The molecule has 41 heavy (non-hydrogen) atoms. The number of allylic oxidation sites excluding steroid dienone is 1. The minimum Gasteiger partial charge on any atom is -0.493 e. The fourth-order valence-electron chi connectivity index (χ4n) is 5.01. The number of methoxy groups -OCH3 is 2. The summed E-state index contributed by atoms with van der Waals surface area (Å²) < 4.78 is 34.2. The fraction of sp³-hybridized carbons (Fsp3) is 0.613. The largest absolute Gasteiger partial charge is 0.493 e. The number of carbonyl (C=O) groups excluding carboxylic acids is 2. The highest BCUT2D eigenvalue weighted by atomic mass is 16.7. The van der Waals surface area contributed by atoms with Crippen LogP contribution >= 0.6 is 0 Å². The molecule has 0 bridgehead atoms. The first-order chi connectivity index (χ1) is 19.2. The van der Waals surface area contributed by atoms with Gasteiger partial charge in [-0.1, -0.05) is 24.3 Å². The summed E-state index contributed by atoms with van der Waals surface area (Å²) in [5, 5.41) is 5.66. The van der Waals surface area contributed by atoms with Gasteiger partial charge in [-0.2, -0.15) is 0 Å². The summed E-state index contributed by atoms with van der Waals surface area (Å²) in [4.78, 5) is 24.6. The number of rotatable bonds is 9. The van der Waals surface area contributed by atoms with E-state index in [4.69, 9.17) is 28.4 Å². The van der Waals surface area contributed by atoms with Crippen LogP contribution in [0.2, 0.25) is 0 Å². The summed E-state index contributed by atoms with van der Waals surface area (Å²) in [6.07, 6.45) is 6.87. The van der Waals surface area contributed by atoms with E-state index in [9.17, 15) is 9.59 Å². The van der Waals surface area contributed by atoms with Crippen molar-refractivity contribution in [1.29, 1.82) is 0 Å². The second kappa shape index (κ2) is 13.2. The van der Waals surface area contributed by atoms with Gasteiger partial charge in [-0.3, -0.25) is 0 Å². The van der Waals surface area contributed by atoms with Gasteiger partial charge in [0.2, 0.25) is 0 Å². The van der Waals surface area contributed by atoms with Gasteiger partial charge in [-0.05, 0) is 72.1 Å². The van der Waals surface area contributed by atoms with Gasteiger partial charge in [0.1, 0.15) is 11.2 Å². The molecular formula is C31H46N2O8. The van der Waals surface area contributed by atoms with Crippen molar-refractivity contribution in [3.63, 3.8) is 0 Å². The Morgan fingerprint density at radius 3 is 2.10 bits per heavy atom. The fourth-order valence-corrected chi connectivity index (χ4v) is 5.01. The molecule has 1 fully saturated rings. The lowest BCUT2D eigenvalue weighted by atomic mass is 9.67. The summed E-state index contributed by atoms with van der Waals surface area (Å²) in [5.74, 6) is 0.372. The number of hydrogen-bond acceptors (Lipinski definition) is 8. The average molecular weight is 575 g/mol. The first-order valence-electron chi connectivity index (χ1n) is 14.0. The molecule has 1 atom stereocenters. The van der Waals surface area contributed by atoms with E-state index in [0.29, 0.717) is 50.5 Å². The molecule has 1 spiro atoms. The molecule has 0 unspecified atom stereocenters. The molecule has 10 heteroatoms. The zero-order valence-electron chi connectivity index (χ0n) is 25.7. The van der Waals surface area contributed by atoms with Gasteiger partial charge < -0.3 is 39.1 Å². The summed E-state index contributed by atoms with van der Waals surface area (Å²) in [5.41, 5.74) is 0.186. The van der Waals surface area contributed by atoms with Crippen LogP contribution in [0, 0.1) is 0 Å². The van der Waals surface area contributed by atoms with Crippen LogP contribution in [-0.4, -0.2) is 69.7 Å². The number of carbonyl (C=O) groups is 2. The van der Waals surface area contributed by atoms with Gasteiger partial charge in [0.05, 0.1) is 27.4 Å². The zero-order valence-corrected chi connectivity index (χ0v) is 25.7. The predicted octanol–water partition coefficient (Wildman–Crippen LogP) is 5.40. The molecule has 2 N–H and O–H groups in total. The van der Waals surface area contributed by atoms with E-state index in [0.717, 1.165) is 11.1 Å². The Morgan fingerprint density at radius 1 is 0.902 bits per heavy atom. The Balaban J connectivity index is 1.94. The van der Waals surface area contributed by atoms with Gasteiger partial charge in [-0.25, -0.2) is 9.59 Å². The molecule has 228 valence electrons. The minimum atomic E-state index is -0.874. The molecule has 1 saturated heterocycles. The lowest BCUT2D eigenvalue weighted by molar-refractivity contribution is -0.136. The molecule has 1 aliphatic carbocycles. The third kappa shape index (κ3) is 8.87. The van der Waals surface area contributed by atoms with Crippen molar-refractivity contribution >= 4 is 12.2 Å². The molecule has 2 aliphatic rings. The molecule has 1 aliphatic heterocycles. The van der Waals surface area contributed by atoms with E-state index < -0.39 is 34.6 Å². The molecule has 3 rings (SSSR count). The summed E-state index contributed by atoms with van der Waals surface area (Å²) in [6.45, 7) is 12.6. The molecule has 1 aromatic carbocycles. The predicted molar refractivity (Wildman–Crippen MR) is 155 cm³/mol. The average Bonchev–Trinajstić information content (AvgIpc) is 3.35. The first-order valence-corrected chi connectivity index (χ1v) is 14.0. The van der Waals surface area contributed by atoms with E-state index in [1.54, 1.807) is 14.2 Å². The third-order valence-corrected chi connectivity index (χ3v) is 6.78. The third-order valence-electron chi connectivity index (χ3n) is 6.78. The zero-order chi connectivity index (χ0) is 30.3. The van der Waals surface area contributed by atoms with Gasteiger partial charge >= 0.3 is 12.2 Å². The number of hydrogen-bond donors (Lipinski definition) is 2. The van der Waals surface area contributed by atoms with Crippen molar-refractivity contribution in [2.45, 2.75) is 83.2 Å². The summed E-state index contributed by atoms with van der Waals surface area (Å²) >= 11 is 0. The van der Waals surface area contributed by atoms with Crippen molar-refractivity contribution in [1.82, 2.24) is 10.6 Å². The SMILES string of the molecule is COc1ccc([C@]2(CCNC(=O)OC(C)(C)C)C=C(/C=C\CNC(=O)OC(C)(C)C)C3(CC2)OCCO3)cc1OC. The van der Waals surface area contributed by atoms with Gasteiger partial charge in [0.15, 0.2) is 17.3 Å². The molecule has 0 saturated carbocycles. The van der Waals surface area contributed by atoms with E-state index in [1.807, 2.05) is 71.9 Å². The van der Waals surface area contributed by atoms with Crippen LogP contribution in [0.3, 0.4) is 0 Å². The molecule has 2 amide bonds. The summed E-state index contributed by atoms with van der Waals surface area (Å²) in [6, 6.07) is 5.88. The molecule has 1 aromatic rings. The smallest absolute Gasteiger partial charge is 0.407 e. The van der Waals surface area contributed by atoms with Crippen molar-refractivity contribution in [3.8, 4) is 11.5 Å². The maximum absolute atomic E-state index is 12.4. The van der Waals surface area contributed by atoms with Crippen LogP contribution in [0.15, 0.2) is 42.0 Å². The van der Waals surface area contributed by atoms with Crippen LogP contribution in [0.4, 0.5) is 9.59 Å². The van der Waals surface area contributed by atoms with Crippen molar-refractivity contribution < 1.29 is 38.0 Å². The van der Waals surface area contributed by atoms with Crippen LogP contribution in [0.25, 0.3) is 0 Å². The summed E-state index contributed by atoms with van der Waals surface area (Å²) in [7, 11) is 3.21. The Kier molecular flexibility index (Phi) is 10.4. The normalized spacial score (nSPS) is 20.4. The molecular weight excluding hydrogens is 528 g/mol. The Hall–Kier alpha value is -3.24. The van der Waals surface area contributed by atoms with Gasteiger partial charge in [0, 0.05) is 30.5 Å². The standard InChI is InChI=1S/C31H46N2O8/c1-28(2,3)40-26(34)32-16-9-10-23-21-30(13-14-31(23)38-18-19-39-31,15-17-33-27(35)41-29(4,5)6)22-11-12-24(36-7)25(20-22)37-8/h9-12,20-21H,13-19H2,1-8H3,(H,32,34)(H,33,35)/b10-9-/t30-/m1/s1. The quantitative estimate of drug-likeness (QED) is 0.403. The molecule has 0 radical (unpaired) electrons. The van der Waals surface area contributed by atoms with Crippen LogP contribution in [0.5, 0.6) is 11.5 Å². The number of amides is 2. The highest BCUT2D eigenvalue weighted by Gasteiger charge is 2.47. The number of nitrogens with one attached hydrogen (secondary N) is 2. The topological polar surface area (TPSA) is 114 Å². The van der Waals surface area contributed by atoms with Crippen LogP contribution in [0.1, 0.15) is 66.4 Å². The maximum Gasteiger partial charge on any atom is 0.407 e. The molecule has 0 aromatic heterocycles. The Labute approximate surface area is 243 Å². The van der Waals surface area contributed by atoms with E-state index in [1.165, 1.54) is 0 Å². The number of alkyl carbamates (subject to hydrolysis) is 2. The maximum atomic E-state index is 12.4. The van der Waals surface area contributed by atoms with Crippen molar-refractivity contribution in [3.05, 3.63) is 47.6 Å². The lowest BCUT2D eigenvalue weighted by Crippen LogP contribution is -2.43.